The summed E-state index contributed by atoms with van der Waals surface area (Å²) in [5.74, 6) is 0.232. The Morgan fingerprint density at radius 2 is 1.93 bits per heavy atom. The molecule has 0 aromatic heterocycles. The summed E-state index contributed by atoms with van der Waals surface area (Å²) in [6.07, 6.45) is 2.90. The lowest BCUT2D eigenvalue weighted by Crippen LogP contribution is -2.27. The van der Waals surface area contributed by atoms with Gasteiger partial charge in [0.1, 0.15) is 0 Å². The first-order valence-corrected chi connectivity index (χ1v) is 9.78. The van der Waals surface area contributed by atoms with E-state index >= 15 is 0 Å². The van der Waals surface area contributed by atoms with E-state index in [0.29, 0.717) is 28.1 Å². The molecular weight excluding hydrogens is 456 g/mol. The second-order valence-corrected chi connectivity index (χ2v) is 7.20. The molecule has 0 aliphatic carbocycles. The summed E-state index contributed by atoms with van der Waals surface area (Å²) < 4.78 is 11.8. The van der Waals surface area contributed by atoms with Gasteiger partial charge in [-0.15, -0.1) is 0 Å². The summed E-state index contributed by atoms with van der Waals surface area (Å²) >= 11 is 3.41. The second kappa shape index (κ2) is 10.5. The number of nitro groups is 1. The predicted molar refractivity (Wildman–Crippen MR) is 116 cm³/mol. The van der Waals surface area contributed by atoms with Gasteiger partial charge in [-0.2, -0.15) is 0 Å². The van der Waals surface area contributed by atoms with Crippen LogP contribution in [0.5, 0.6) is 11.5 Å². The first-order chi connectivity index (χ1) is 14.2. The highest BCUT2D eigenvalue weighted by Crippen LogP contribution is 2.37. The summed E-state index contributed by atoms with van der Waals surface area (Å²) in [5.41, 5.74) is 0.714. The number of rotatable bonds is 9. The van der Waals surface area contributed by atoms with Crippen LogP contribution in [0.3, 0.4) is 0 Å². The van der Waals surface area contributed by atoms with Crippen molar-refractivity contribution < 1.29 is 24.0 Å². The molecular formula is C21H21BrN2O6. The summed E-state index contributed by atoms with van der Waals surface area (Å²) in [6.45, 7) is 2.05. The molecule has 0 N–H and O–H groups in total. The topological polar surface area (TPSA) is 99.0 Å². The zero-order chi connectivity index (χ0) is 22.3. The average Bonchev–Trinajstić information content (AvgIpc) is 2.71. The first-order valence-electron chi connectivity index (χ1n) is 8.99. The fourth-order valence-corrected chi connectivity index (χ4v) is 2.97. The van der Waals surface area contributed by atoms with E-state index in [4.69, 9.17) is 9.47 Å². The number of likely N-dealkylation sites (N-methyl/N-ethyl adjacent to an activating group) is 1. The molecule has 2 aromatic rings. The van der Waals surface area contributed by atoms with E-state index < -0.39 is 4.92 Å². The van der Waals surface area contributed by atoms with Gasteiger partial charge < -0.3 is 14.4 Å². The third-order valence-electron chi connectivity index (χ3n) is 3.94. The van der Waals surface area contributed by atoms with Gasteiger partial charge in [0.25, 0.3) is 11.6 Å². The monoisotopic (exact) mass is 476 g/mol. The number of nitrogens with zero attached hydrogens (tertiary/aromatic N) is 2. The quantitative estimate of drug-likeness (QED) is 0.233. The highest BCUT2D eigenvalue weighted by molar-refractivity contribution is 9.10. The second-order valence-electron chi connectivity index (χ2n) is 6.34. The molecule has 0 fully saturated rings. The van der Waals surface area contributed by atoms with Crippen molar-refractivity contribution in [2.75, 3.05) is 27.3 Å². The summed E-state index contributed by atoms with van der Waals surface area (Å²) in [5, 5.41) is 10.9. The summed E-state index contributed by atoms with van der Waals surface area (Å²) in [7, 11) is 3.27. The van der Waals surface area contributed by atoms with Crippen LogP contribution in [-0.4, -0.2) is 48.8 Å². The molecule has 0 aliphatic heterocycles. The normalized spacial score (nSPS) is 10.7. The molecule has 0 bridgehead atoms. The predicted octanol–water partition coefficient (Wildman–Crippen LogP) is 4.12. The number of hydrogen-bond donors (Lipinski definition) is 0. The van der Waals surface area contributed by atoms with Gasteiger partial charge in [0.05, 0.1) is 16.0 Å². The van der Waals surface area contributed by atoms with Crippen LogP contribution in [0.15, 0.2) is 46.9 Å². The Kier molecular flexibility index (Phi) is 8.11. The number of nitro benzene ring substituents is 1. The Balaban J connectivity index is 2.25. The highest BCUT2D eigenvalue weighted by atomic mass is 79.9. The molecule has 0 radical (unpaired) electrons. The number of ether oxygens (including phenoxy) is 2. The molecule has 0 unspecified atom stereocenters. The number of ketones is 1. The van der Waals surface area contributed by atoms with E-state index in [1.165, 1.54) is 35.2 Å². The molecule has 2 rings (SSSR count). The number of hydrogen-bond acceptors (Lipinski definition) is 6. The third kappa shape index (κ3) is 6.15. The minimum Gasteiger partial charge on any atom is -0.490 e. The Bertz CT molecular complexity index is 987. The molecule has 158 valence electrons. The molecule has 9 heteroatoms. The fourth-order valence-electron chi connectivity index (χ4n) is 2.39. The minimum absolute atomic E-state index is 0.147. The van der Waals surface area contributed by atoms with Crippen molar-refractivity contribution in [3.8, 4) is 11.5 Å². The minimum atomic E-state index is -0.550. The maximum Gasteiger partial charge on any atom is 0.270 e. The van der Waals surface area contributed by atoms with E-state index in [1.54, 1.807) is 32.3 Å². The zero-order valence-corrected chi connectivity index (χ0v) is 18.3. The molecule has 30 heavy (non-hydrogen) atoms. The van der Waals surface area contributed by atoms with Gasteiger partial charge in [0.2, 0.25) is 0 Å². The van der Waals surface area contributed by atoms with Crippen LogP contribution in [0.25, 0.3) is 6.08 Å². The van der Waals surface area contributed by atoms with Crippen LogP contribution < -0.4 is 9.47 Å². The van der Waals surface area contributed by atoms with Crippen molar-refractivity contribution >= 4 is 39.4 Å². The maximum absolute atomic E-state index is 12.4. The van der Waals surface area contributed by atoms with E-state index in [0.717, 1.165) is 0 Å². The Hall–Kier alpha value is -3.20. The lowest BCUT2D eigenvalue weighted by atomic mass is 10.1. The zero-order valence-electron chi connectivity index (χ0n) is 16.8. The standard InChI is InChI=1S/C21H21BrN2O6/c1-4-29-19-11-14(10-17(22)21(19)30-13-20(26)23(2)3)8-9-18(25)15-6-5-7-16(12-15)24(27)28/h5-12H,4,13H2,1-3H3. The molecule has 0 saturated carbocycles. The number of carbonyl (C=O) groups is 2. The summed E-state index contributed by atoms with van der Waals surface area (Å²) in [6, 6.07) is 8.93. The number of benzene rings is 2. The molecule has 2 aromatic carbocycles. The number of non-ortho nitro benzene ring substituents is 1. The van der Waals surface area contributed by atoms with E-state index in [-0.39, 0.29) is 29.5 Å². The number of allylic oxidation sites excluding steroid dienone is 1. The fraction of sp³-hybridized carbons (Fsp3) is 0.238. The number of carbonyl (C=O) groups excluding carboxylic acids is 2. The van der Waals surface area contributed by atoms with E-state index in [2.05, 4.69) is 15.9 Å². The SMILES string of the molecule is CCOc1cc(C=CC(=O)c2cccc([N+](=O)[O-])c2)cc(Br)c1OCC(=O)N(C)C. The van der Waals surface area contributed by atoms with Crippen LogP contribution in [0.1, 0.15) is 22.8 Å². The van der Waals surface area contributed by atoms with Crippen molar-refractivity contribution in [2.24, 2.45) is 0 Å². The Labute approximate surface area is 182 Å². The smallest absolute Gasteiger partial charge is 0.270 e. The van der Waals surface area contributed by atoms with Gasteiger partial charge >= 0.3 is 0 Å². The van der Waals surface area contributed by atoms with Crippen LogP contribution in [-0.2, 0) is 4.79 Å². The van der Waals surface area contributed by atoms with Crippen molar-refractivity contribution in [3.63, 3.8) is 0 Å². The first kappa shape index (κ1) is 23.1. The number of halogens is 1. The van der Waals surface area contributed by atoms with Crippen LogP contribution in [0, 0.1) is 10.1 Å². The number of amides is 1. The van der Waals surface area contributed by atoms with Crippen molar-refractivity contribution in [2.45, 2.75) is 6.92 Å². The van der Waals surface area contributed by atoms with Crippen molar-refractivity contribution in [1.29, 1.82) is 0 Å². The lowest BCUT2D eigenvalue weighted by Gasteiger charge is -2.16. The van der Waals surface area contributed by atoms with Crippen LogP contribution in [0.4, 0.5) is 5.69 Å². The van der Waals surface area contributed by atoms with Crippen molar-refractivity contribution in [1.82, 2.24) is 4.90 Å². The molecule has 0 saturated heterocycles. The van der Waals surface area contributed by atoms with Gasteiger partial charge in [-0.1, -0.05) is 18.2 Å². The molecule has 1 amide bonds. The molecule has 0 heterocycles. The third-order valence-corrected chi connectivity index (χ3v) is 4.53. The average molecular weight is 477 g/mol. The largest absolute Gasteiger partial charge is 0.490 e. The van der Waals surface area contributed by atoms with Gasteiger partial charge in [-0.25, -0.2) is 0 Å². The van der Waals surface area contributed by atoms with Gasteiger partial charge in [-0.05, 0) is 46.6 Å². The van der Waals surface area contributed by atoms with Gasteiger partial charge in [0.15, 0.2) is 23.9 Å². The van der Waals surface area contributed by atoms with Gasteiger partial charge in [0, 0.05) is 31.8 Å². The summed E-state index contributed by atoms with van der Waals surface area (Å²) in [4.78, 5) is 35.9. The molecule has 0 spiro atoms. The molecule has 0 atom stereocenters. The van der Waals surface area contributed by atoms with Crippen molar-refractivity contribution in [3.05, 3.63) is 68.2 Å². The van der Waals surface area contributed by atoms with E-state index in [1.807, 2.05) is 6.92 Å². The molecule has 8 nitrogen and oxygen atoms in total. The van der Waals surface area contributed by atoms with Gasteiger partial charge in [-0.3, -0.25) is 19.7 Å². The highest BCUT2D eigenvalue weighted by Gasteiger charge is 2.15. The van der Waals surface area contributed by atoms with Crippen LogP contribution >= 0.6 is 15.9 Å². The lowest BCUT2D eigenvalue weighted by molar-refractivity contribution is -0.384. The van der Waals surface area contributed by atoms with E-state index in [9.17, 15) is 19.7 Å². The van der Waals surface area contributed by atoms with Crippen LogP contribution in [0.2, 0.25) is 0 Å². The maximum atomic E-state index is 12.4. The Morgan fingerprint density at radius 3 is 2.57 bits per heavy atom. The Morgan fingerprint density at radius 1 is 1.20 bits per heavy atom. The molecule has 0 aliphatic rings.